The van der Waals surface area contributed by atoms with Crippen LogP contribution in [0.5, 0.6) is 0 Å². The number of aryl methyl sites for hydroxylation is 2. The van der Waals surface area contributed by atoms with Gasteiger partial charge in [-0.1, -0.05) is 29.8 Å². The van der Waals surface area contributed by atoms with Crippen LogP contribution in [0.15, 0.2) is 36.5 Å². The molecule has 0 atom stereocenters. The highest BCUT2D eigenvalue weighted by Gasteiger charge is 2.18. The van der Waals surface area contributed by atoms with Crippen molar-refractivity contribution in [3.05, 3.63) is 64.2 Å². The molecule has 0 spiro atoms. The molecule has 0 aliphatic heterocycles. The second-order valence-electron chi connectivity index (χ2n) is 5.78. The molecule has 0 saturated heterocycles. The Morgan fingerprint density at radius 1 is 1.20 bits per heavy atom. The summed E-state index contributed by atoms with van der Waals surface area (Å²) in [5, 5.41) is 12.3. The van der Waals surface area contributed by atoms with E-state index in [9.17, 15) is 4.79 Å². The van der Waals surface area contributed by atoms with Gasteiger partial charge in [0, 0.05) is 17.8 Å². The average Bonchev–Trinajstić information content (AvgIpc) is 3.17. The molecule has 1 N–H and O–H groups in total. The molecule has 0 aliphatic rings. The molecule has 6 nitrogen and oxygen atoms in total. The van der Waals surface area contributed by atoms with Crippen LogP contribution in [0, 0.1) is 13.8 Å². The van der Waals surface area contributed by atoms with Gasteiger partial charge in [-0.3, -0.25) is 14.2 Å². The number of rotatable bonds is 5. The van der Waals surface area contributed by atoms with Crippen molar-refractivity contribution in [2.24, 2.45) is 0 Å². The fourth-order valence-corrected chi connectivity index (χ4v) is 2.97. The third kappa shape index (κ3) is 3.44. The van der Waals surface area contributed by atoms with E-state index in [1.807, 2.05) is 49.7 Å². The van der Waals surface area contributed by atoms with Gasteiger partial charge in [0.1, 0.15) is 5.69 Å². The Hall–Kier alpha value is -2.60. The first-order chi connectivity index (χ1) is 12.0. The number of amides is 1. The largest absolute Gasteiger partial charge is 0.317 e. The third-order valence-corrected chi connectivity index (χ3v) is 4.52. The maximum absolute atomic E-state index is 12.6. The number of hydrogen-bond donors (Lipinski definition) is 1. The Kier molecular flexibility index (Phi) is 4.90. The molecular formula is C18H20ClN5O. The molecule has 1 aromatic carbocycles. The Labute approximate surface area is 151 Å². The number of hydrogen-bond acceptors (Lipinski definition) is 3. The number of aromatic nitrogens is 4. The maximum atomic E-state index is 12.6. The number of anilines is 1. The van der Waals surface area contributed by atoms with Crippen LogP contribution < -0.4 is 5.32 Å². The van der Waals surface area contributed by atoms with Crippen molar-refractivity contribution in [2.75, 3.05) is 5.32 Å². The zero-order valence-electron chi connectivity index (χ0n) is 14.5. The number of carbonyl (C=O) groups excluding carboxylic acids is 1. The lowest BCUT2D eigenvalue weighted by atomic mass is 10.2. The number of nitrogens with one attached hydrogen (secondary N) is 1. The molecule has 7 heteroatoms. The van der Waals surface area contributed by atoms with Crippen LogP contribution in [-0.2, 0) is 13.1 Å². The van der Waals surface area contributed by atoms with Crippen LogP contribution in [-0.4, -0.2) is 25.5 Å². The zero-order valence-corrected chi connectivity index (χ0v) is 15.2. The lowest BCUT2D eigenvalue weighted by molar-refractivity contribution is 0.101. The fraction of sp³-hybridized carbons (Fsp3) is 0.278. The molecule has 2 aromatic heterocycles. The van der Waals surface area contributed by atoms with Gasteiger partial charge < -0.3 is 5.32 Å². The third-order valence-electron chi connectivity index (χ3n) is 4.15. The van der Waals surface area contributed by atoms with Gasteiger partial charge in [0.2, 0.25) is 0 Å². The van der Waals surface area contributed by atoms with E-state index in [0.29, 0.717) is 23.8 Å². The molecule has 0 aliphatic carbocycles. The topological polar surface area (TPSA) is 64.7 Å². The maximum Gasteiger partial charge on any atom is 0.274 e. The van der Waals surface area contributed by atoms with Crippen LogP contribution >= 0.6 is 11.6 Å². The average molecular weight is 358 g/mol. The van der Waals surface area contributed by atoms with Crippen LogP contribution in [0.2, 0.25) is 5.02 Å². The second-order valence-corrected chi connectivity index (χ2v) is 6.19. The number of benzene rings is 1. The van der Waals surface area contributed by atoms with Gasteiger partial charge in [-0.2, -0.15) is 10.2 Å². The summed E-state index contributed by atoms with van der Waals surface area (Å²) in [5.41, 5.74) is 3.88. The minimum absolute atomic E-state index is 0.192. The quantitative estimate of drug-likeness (QED) is 0.757. The molecule has 0 saturated carbocycles. The summed E-state index contributed by atoms with van der Waals surface area (Å²) >= 11 is 6.24. The van der Waals surface area contributed by atoms with E-state index in [-0.39, 0.29) is 5.91 Å². The molecule has 130 valence electrons. The number of carbonyl (C=O) groups is 1. The lowest BCUT2D eigenvalue weighted by Crippen LogP contribution is -2.18. The summed E-state index contributed by atoms with van der Waals surface area (Å²) in [6.45, 7) is 6.95. The predicted molar refractivity (Wildman–Crippen MR) is 98.1 cm³/mol. The molecule has 3 rings (SSSR count). The van der Waals surface area contributed by atoms with E-state index in [2.05, 4.69) is 15.5 Å². The Bertz CT molecular complexity index is 912. The molecule has 2 heterocycles. The zero-order chi connectivity index (χ0) is 18.0. The molecule has 1 amide bonds. The summed E-state index contributed by atoms with van der Waals surface area (Å²) in [4.78, 5) is 12.6. The SMILES string of the molecule is CCn1nccc1C(=O)Nc1c(C)nn(Cc2ccccc2Cl)c1C. The summed E-state index contributed by atoms with van der Waals surface area (Å²) < 4.78 is 3.51. The normalized spacial score (nSPS) is 10.9. The van der Waals surface area contributed by atoms with Gasteiger partial charge >= 0.3 is 0 Å². The van der Waals surface area contributed by atoms with Crippen LogP contribution in [0.4, 0.5) is 5.69 Å². The van der Waals surface area contributed by atoms with Gasteiger partial charge in [0.25, 0.3) is 5.91 Å². The van der Waals surface area contributed by atoms with Crippen molar-refractivity contribution in [2.45, 2.75) is 33.9 Å². The molecular weight excluding hydrogens is 338 g/mol. The van der Waals surface area contributed by atoms with E-state index in [1.165, 1.54) is 0 Å². The van der Waals surface area contributed by atoms with Crippen molar-refractivity contribution in [3.63, 3.8) is 0 Å². The van der Waals surface area contributed by atoms with E-state index in [4.69, 9.17) is 11.6 Å². The van der Waals surface area contributed by atoms with Crippen molar-refractivity contribution in [1.29, 1.82) is 0 Å². The highest BCUT2D eigenvalue weighted by Crippen LogP contribution is 2.23. The van der Waals surface area contributed by atoms with Gasteiger partial charge in [0.15, 0.2) is 0 Å². The van der Waals surface area contributed by atoms with E-state index >= 15 is 0 Å². The molecule has 0 radical (unpaired) electrons. The summed E-state index contributed by atoms with van der Waals surface area (Å²) in [7, 11) is 0. The molecule has 25 heavy (non-hydrogen) atoms. The first kappa shape index (κ1) is 17.2. The van der Waals surface area contributed by atoms with Crippen LogP contribution in [0.3, 0.4) is 0 Å². The van der Waals surface area contributed by atoms with E-state index in [0.717, 1.165) is 22.6 Å². The van der Waals surface area contributed by atoms with Crippen molar-refractivity contribution < 1.29 is 4.79 Å². The molecule has 3 aromatic rings. The highest BCUT2D eigenvalue weighted by atomic mass is 35.5. The highest BCUT2D eigenvalue weighted by molar-refractivity contribution is 6.31. The van der Waals surface area contributed by atoms with Crippen LogP contribution in [0.1, 0.15) is 34.4 Å². The molecule has 0 bridgehead atoms. The van der Waals surface area contributed by atoms with Crippen LogP contribution in [0.25, 0.3) is 0 Å². The predicted octanol–water partition coefficient (Wildman–Crippen LogP) is 3.67. The minimum Gasteiger partial charge on any atom is -0.317 e. The van der Waals surface area contributed by atoms with Gasteiger partial charge in [0.05, 0.1) is 23.6 Å². The number of nitrogens with zero attached hydrogens (tertiary/aromatic N) is 4. The Morgan fingerprint density at radius 3 is 2.68 bits per heavy atom. The van der Waals surface area contributed by atoms with E-state index < -0.39 is 0 Å². The Morgan fingerprint density at radius 2 is 1.96 bits per heavy atom. The first-order valence-electron chi connectivity index (χ1n) is 8.11. The monoisotopic (exact) mass is 357 g/mol. The standard InChI is InChI=1S/C18H20ClN5O/c1-4-23-16(9-10-20-23)18(25)21-17-12(2)22-24(13(17)3)11-14-7-5-6-8-15(14)19/h5-10H,4,11H2,1-3H3,(H,21,25). The second kappa shape index (κ2) is 7.11. The smallest absolute Gasteiger partial charge is 0.274 e. The number of halogens is 1. The first-order valence-corrected chi connectivity index (χ1v) is 8.49. The lowest BCUT2D eigenvalue weighted by Gasteiger charge is -2.09. The molecule has 0 fully saturated rings. The summed E-state index contributed by atoms with van der Waals surface area (Å²) in [6.07, 6.45) is 1.62. The minimum atomic E-state index is -0.192. The van der Waals surface area contributed by atoms with Gasteiger partial charge in [-0.25, -0.2) is 0 Å². The van der Waals surface area contributed by atoms with E-state index in [1.54, 1.807) is 16.9 Å². The van der Waals surface area contributed by atoms with Gasteiger partial charge in [-0.15, -0.1) is 0 Å². The van der Waals surface area contributed by atoms with Gasteiger partial charge in [-0.05, 0) is 38.5 Å². The van der Waals surface area contributed by atoms with Crippen molar-refractivity contribution in [3.8, 4) is 0 Å². The molecule has 0 unspecified atom stereocenters. The van der Waals surface area contributed by atoms with Crippen molar-refractivity contribution in [1.82, 2.24) is 19.6 Å². The van der Waals surface area contributed by atoms with Crippen molar-refractivity contribution >= 4 is 23.2 Å². The summed E-state index contributed by atoms with van der Waals surface area (Å²) in [5.74, 6) is -0.192. The summed E-state index contributed by atoms with van der Waals surface area (Å²) in [6, 6.07) is 9.38. The Balaban J connectivity index is 1.85. The fourth-order valence-electron chi connectivity index (χ4n) is 2.77.